The van der Waals surface area contributed by atoms with Crippen molar-refractivity contribution in [2.24, 2.45) is 0 Å². The molecular weight excluding hydrogens is 595 g/mol. The molecule has 222 valence electrons. The topological polar surface area (TPSA) is 99.4 Å². The predicted molar refractivity (Wildman–Crippen MR) is 145 cm³/mol. The average Bonchev–Trinajstić information content (AvgIpc) is 3.56. The molecule has 1 saturated heterocycles. The van der Waals surface area contributed by atoms with Crippen LogP contribution in [-0.2, 0) is 30.5 Å². The van der Waals surface area contributed by atoms with Gasteiger partial charge in [-0.25, -0.2) is 23.5 Å². The van der Waals surface area contributed by atoms with E-state index in [1.165, 1.54) is 30.3 Å². The third-order valence-electron chi connectivity index (χ3n) is 6.94. The molecular formula is C29H21F5N4O4S. The molecule has 1 atom stereocenters. The summed E-state index contributed by atoms with van der Waals surface area (Å²) in [6.45, 7) is 0.699. The van der Waals surface area contributed by atoms with E-state index < -0.39 is 28.7 Å². The van der Waals surface area contributed by atoms with Crippen LogP contribution in [0.1, 0.15) is 38.7 Å². The molecule has 2 aromatic carbocycles. The first-order chi connectivity index (χ1) is 20.5. The van der Waals surface area contributed by atoms with E-state index in [4.69, 9.17) is 9.47 Å². The molecule has 1 aliphatic heterocycles. The highest BCUT2D eigenvalue weighted by Crippen LogP contribution is 2.33. The zero-order valence-electron chi connectivity index (χ0n) is 22.1. The van der Waals surface area contributed by atoms with Crippen LogP contribution in [0.5, 0.6) is 5.88 Å². The van der Waals surface area contributed by atoms with E-state index in [-0.39, 0.29) is 53.1 Å². The zero-order valence-corrected chi connectivity index (χ0v) is 22.9. The van der Waals surface area contributed by atoms with E-state index >= 15 is 8.78 Å². The van der Waals surface area contributed by atoms with Crippen molar-refractivity contribution >= 4 is 28.5 Å². The molecule has 1 fully saturated rings. The van der Waals surface area contributed by atoms with E-state index in [0.717, 1.165) is 24.6 Å². The van der Waals surface area contributed by atoms with Crippen molar-refractivity contribution in [3.63, 3.8) is 0 Å². The Hall–Kier alpha value is -4.43. The fraction of sp³-hybridized carbons (Fsp3) is 0.241. The van der Waals surface area contributed by atoms with Gasteiger partial charge in [0.15, 0.2) is 0 Å². The van der Waals surface area contributed by atoms with Crippen LogP contribution in [0.3, 0.4) is 0 Å². The van der Waals surface area contributed by atoms with Crippen LogP contribution in [0.2, 0.25) is 0 Å². The fourth-order valence-corrected chi connectivity index (χ4v) is 5.29. The number of carboxylic acids is 1. The first kappa shape index (κ1) is 28.7. The van der Waals surface area contributed by atoms with E-state index in [0.29, 0.717) is 41.5 Å². The highest BCUT2D eigenvalue weighted by molar-refractivity contribution is 7.05. The number of benzene rings is 2. The number of nitrogens with zero attached hydrogens (tertiary/aromatic N) is 4. The molecule has 4 heterocycles. The van der Waals surface area contributed by atoms with Crippen LogP contribution in [0.15, 0.2) is 54.6 Å². The largest absolute Gasteiger partial charge is 0.478 e. The summed E-state index contributed by atoms with van der Waals surface area (Å²) < 4.78 is 85.7. The summed E-state index contributed by atoms with van der Waals surface area (Å²) in [5.74, 6) is -2.15. The number of hydrogen-bond acceptors (Lipinski definition) is 7. The van der Waals surface area contributed by atoms with E-state index in [2.05, 4.69) is 14.3 Å². The van der Waals surface area contributed by atoms with Crippen LogP contribution in [-0.4, -0.2) is 42.7 Å². The van der Waals surface area contributed by atoms with Crippen molar-refractivity contribution in [1.82, 2.24) is 18.9 Å². The van der Waals surface area contributed by atoms with Gasteiger partial charge >= 0.3 is 12.1 Å². The first-order valence-corrected chi connectivity index (χ1v) is 13.8. The molecule has 0 aliphatic carbocycles. The molecule has 1 unspecified atom stereocenters. The molecule has 1 aliphatic rings. The Morgan fingerprint density at radius 1 is 1.09 bits per heavy atom. The molecule has 0 amide bonds. The van der Waals surface area contributed by atoms with Crippen LogP contribution < -0.4 is 4.74 Å². The number of carbonyl (C=O) groups is 1. The van der Waals surface area contributed by atoms with Gasteiger partial charge in [-0.1, -0.05) is 6.07 Å². The lowest BCUT2D eigenvalue weighted by atomic mass is 10.0. The molecule has 5 aromatic rings. The van der Waals surface area contributed by atoms with Crippen molar-refractivity contribution in [2.75, 3.05) is 6.61 Å². The number of fused-ring (bicyclic) bond motifs is 1. The number of hydrogen-bond donors (Lipinski definition) is 1. The SMILES string of the molecule is O=C(O)c1ccc2nc(Cc3cc(F)c(-c4cccc(OCc5cc(C(F)(F)F)sn5)n4)cc3F)n(CC3CCO3)c2c1. The van der Waals surface area contributed by atoms with Crippen molar-refractivity contribution in [3.8, 4) is 17.1 Å². The summed E-state index contributed by atoms with van der Waals surface area (Å²) >= 11 is 0.305. The lowest BCUT2D eigenvalue weighted by Crippen LogP contribution is -2.31. The summed E-state index contributed by atoms with van der Waals surface area (Å²) in [5, 5.41) is 9.43. The Kier molecular flexibility index (Phi) is 7.56. The minimum Gasteiger partial charge on any atom is -0.478 e. The molecule has 1 N–H and O–H groups in total. The van der Waals surface area contributed by atoms with Gasteiger partial charge < -0.3 is 19.1 Å². The van der Waals surface area contributed by atoms with Gasteiger partial charge in [0, 0.05) is 24.7 Å². The van der Waals surface area contributed by atoms with Crippen molar-refractivity contribution in [1.29, 1.82) is 0 Å². The number of imidazole rings is 1. The van der Waals surface area contributed by atoms with Gasteiger partial charge in [0.05, 0.1) is 40.6 Å². The molecule has 0 radical (unpaired) electrons. The standard InChI is InChI=1S/C29H21F5N4O4S/c30-20-12-19(22-2-1-3-27(36-22)42-14-17-11-25(43-37-17)29(32,33)34)21(31)8-16(20)10-26-35-23-5-4-15(28(39)40)9-24(23)38(26)13-18-6-7-41-18/h1-5,8-9,11-12,18H,6-7,10,13-14H2,(H,39,40). The van der Waals surface area contributed by atoms with E-state index in [1.54, 1.807) is 10.6 Å². The maximum atomic E-state index is 15.4. The van der Waals surface area contributed by atoms with Gasteiger partial charge in [-0.05, 0) is 66.0 Å². The van der Waals surface area contributed by atoms with Crippen molar-refractivity contribution in [2.45, 2.75) is 38.3 Å². The number of aromatic nitrogens is 4. The van der Waals surface area contributed by atoms with Crippen molar-refractivity contribution in [3.05, 3.63) is 93.8 Å². The van der Waals surface area contributed by atoms with Crippen LogP contribution in [0, 0.1) is 11.6 Å². The minimum atomic E-state index is -4.51. The van der Waals surface area contributed by atoms with Crippen LogP contribution in [0.4, 0.5) is 22.0 Å². The number of carboxylic acid groups (broad SMARTS) is 1. The normalized spacial score (nSPS) is 15.0. The van der Waals surface area contributed by atoms with Crippen LogP contribution in [0.25, 0.3) is 22.3 Å². The lowest BCUT2D eigenvalue weighted by molar-refractivity contribution is -0.134. The monoisotopic (exact) mass is 616 g/mol. The van der Waals surface area contributed by atoms with Crippen LogP contribution >= 0.6 is 11.5 Å². The molecule has 0 saturated carbocycles. The summed E-state index contributed by atoms with van der Waals surface area (Å²) in [5.41, 5.74) is 1.16. The lowest BCUT2D eigenvalue weighted by Gasteiger charge is -2.27. The summed E-state index contributed by atoms with van der Waals surface area (Å²) in [6, 6.07) is 11.8. The Morgan fingerprint density at radius 3 is 2.60 bits per heavy atom. The summed E-state index contributed by atoms with van der Waals surface area (Å²) in [6.07, 6.45) is -3.87. The zero-order chi connectivity index (χ0) is 30.3. The van der Waals surface area contributed by atoms with Crippen molar-refractivity contribution < 1.29 is 41.3 Å². The maximum Gasteiger partial charge on any atom is 0.427 e. The van der Waals surface area contributed by atoms with Gasteiger partial charge in [0.1, 0.15) is 28.9 Å². The highest BCUT2D eigenvalue weighted by atomic mass is 32.1. The Morgan fingerprint density at radius 2 is 1.91 bits per heavy atom. The second-order valence-electron chi connectivity index (χ2n) is 9.86. The number of rotatable bonds is 9. The molecule has 0 spiro atoms. The fourth-order valence-electron chi connectivity index (χ4n) is 4.67. The molecule has 6 rings (SSSR count). The second kappa shape index (κ2) is 11.3. The summed E-state index contributed by atoms with van der Waals surface area (Å²) in [7, 11) is 0. The van der Waals surface area contributed by atoms with E-state index in [9.17, 15) is 23.1 Å². The Balaban J connectivity index is 1.25. The quantitative estimate of drug-likeness (QED) is 0.189. The number of halogens is 5. The average molecular weight is 617 g/mol. The maximum absolute atomic E-state index is 15.4. The molecule has 43 heavy (non-hydrogen) atoms. The predicted octanol–water partition coefficient (Wildman–Crippen LogP) is 6.51. The van der Waals surface area contributed by atoms with Gasteiger partial charge in [0.25, 0.3) is 0 Å². The van der Waals surface area contributed by atoms with Gasteiger partial charge in [-0.3, -0.25) is 0 Å². The van der Waals surface area contributed by atoms with E-state index in [1.807, 2.05) is 0 Å². The van der Waals surface area contributed by atoms with Gasteiger partial charge in [-0.2, -0.15) is 17.5 Å². The third kappa shape index (κ3) is 6.06. The van der Waals surface area contributed by atoms with Gasteiger partial charge in [-0.15, -0.1) is 0 Å². The second-order valence-corrected chi connectivity index (χ2v) is 10.7. The van der Waals surface area contributed by atoms with Gasteiger partial charge in [0.2, 0.25) is 5.88 Å². The number of ether oxygens (including phenoxy) is 2. The molecule has 0 bridgehead atoms. The Bertz CT molecular complexity index is 1830. The third-order valence-corrected chi connectivity index (χ3v) is 7.82. The smallest absolute Gasteiger partial charge is 0.427 e. The Labute approximate surface area is 244 Å². The number of aromatic carboxylic acids is 1. The number of alkyl halides is 3. The summed E-state index contributed by atoms with van der Waals surface area (Å²) in [4.78, 5) is 19.4. The highest BCUT2D eigenvalue weighted by Gasteiger charge is 2.33. The minimum absolute atomic E-state index is 0.00407. The molecule has 8 nitrogen and oxygen atoms in total. The first-order valence-electron chi connectivity index (χ1n) is 13.0. The molecule has 14 heteroatoms. The molecule has 3 aromatic heterocycles. The number of pyridine rings is 1.